The zero-order valence-corrected chi connectivity index (χ0v) is 12.6. The van der Waals surface area contributed by atoms with Crippen LogP contribution in [-0.4, -0.2) is 30.3 Å². The van der Waals surface area contributed by atoms with Gasteiger partial charge in [-0.25, -0.2) is 0 Å². The summed E-state index contributed by atoms with van der Waals surface area (Å²) >= 11 is 0. The Labute approximate surface area is 115 Å². The molecule has 108 valence electrons. The molecule has 0 amide bonds. The lowest BCUT2D eigenvalue weighted by atomic mass is 9.81. The van der Waals surface area contributed by atoms with Crippen LogP contribution in [0.5, 0.6) is 0 Å². The molecule has 0 aliphatic carbocycles. The molecule has 0 bridgehead atoms. The molecule has 0 radical (unpaired) electrons. The SMILES string of the molecule is COC(c1noc(C2(C)CCNCC2)n1)C(C)(C)C. The van der Waals surface area contributed by atoms with E-state index in [2.05, 4.69) is 43.2 Å². The van der Waals surface area contributed by atoms with Crippen LogP contribution < -0.4 is 5.32 Å². The van der Waals surface area contributed by atoms with Crippen LogP contribution in [-0.2, 0) is 10.2 Å². The van der Waals surface area contributed by atoms with Gasteiger partial charge < -0.3 is 14.6 Å². The second kappa shape index (κ2) is 5.21. The number of aromatic nitrogens is 2. The fourth-order valence-corrected chi connectivity index (χ4v) is 2.63. The Balaban J connectivity index is 2.23. The Morgan fingerprint density at radius 1 is 1.32 bits per heavy atom. The van der Waals surface area contributed by atoms with Gasteiger partial charge in [-0.3, -0.25) is 0 Å². The third kappa shape index (κ3) is 2.98. The maximum atomic E-state index is 5.54. The highest BCUT2D eigenvalue weighted by molar-refractivity contribution is 5.07. The monoisotopic (exact) mass is 267 g/mol. The number of nitrogens with zero attached hydrogens (tertiary/aromatic N) is 2. The van der Waals surface area contributed by atoms with Crippen molar-refractivity contribution in [2.24, 2.45) is 5.41 Å². The molecule has 0 aromatic carbocycles. The molecular weight excluding hydrogens is 242 g/mol. The third-order valence-corrected chi connectivity index (χ3v) is 3.92. The van der Waals surface area contributed by atoms with E-state index in [1.54, 1.807) is 7.11 Å². The molecule has 5 heteroatoms. The molecule has 1 aromatic heterocycles. The van der Waals surface area contributed by atoms with Gasteiger partial charge in [0.1, 0.15) is 6.10 Å². The van der Waals surface area contributed by atoms with Gasteiger partial charge >= 0.3 is 0 Å². The van der Waals surface area contributed by atoms with E-state index in [9.17, 15) is 0 Å². The summed E-state index contributed by atoms with van der Waals surface area (Å²) in [6, 6.07) is 0. The Morgan fingerprint density at radius 2 is 1.95 bits per heavy atom. The Hall–Kier alpha value is -0.940. The molecule has 19 heavy (non-hydrogen) atoms. The summed E-state index contributed by atoms with van der Waals surface area (Å²) in [4.78, 5) is 4.61. The minimum Gasteiger partial charge on any atom is -0.373 e. The minimum absolute atomic E-state index is 0.00727. The van der Waals surface area contributed by atoms with E-state index >= 15 is 0 Å². The van der Waals surface area contributed by atoms with E-state index < -0.39 is 0 Å². The van der Waals surface area contributed by atoms with Crippen LogP contribution in [0.2, 0.25) is 0 Å². The summed E-state index contributed by atoms with van der Waals surface area (Å²) in [6.07, 6.45) is 1.92. The molecule has 2 heterocycles. The molecule has 2 rings (SSSR count). The zero-order chi connectivity index (χ0) is 14.1. The van der Waals surface area contributed by atoms with Crippen LogP contribution in [0.4, 0.5) is 0 Å². The number of rotatable bonds is 3. The van der Waals surface area contributed by atoms with Gasteiger partial charge in [-0.2, -0.15) is 4.98 Å². The number of ether oxygens (including phenoxy) is 1. The van der Waals surface area contributed by atoms with Crippen LogP contribution in [0, 0.1) is 5.41 Å². The number of nitrogens with one attached hydrogen (secondary N) is 1. The molecule has 1 saturated heterocycles. The molecule has 1 aliphatic rings. The van der Waals surface area contributed by atoms with Crippen molar-refractivity contribution in [3.63, 3.8) is 0 Å². The molecule has 0 saturated carbocycles. The standard InChI is InChI=1S/C14H25N3O2/c1-13(2,3)10(18-5)11-16-12(19-17-11)14(4)6-8-15-9-7-14/h10,15H,6-9H2,1-5H3. The smallest absolute Gasteiger partial charge is 0.232 e. The van der Waals surface area contributed by atoms with Crippen molar-refractivity contribution < 1.29 is 9.26 Å². The van der Waals surface area contributed by atoms with Crippen LogP contribution >= 0.6 is 0 Å². The van der Waals surface area contributed by atoms with E-state index in [1.165, 1.54) is 0 Å². The maximum Gasteiger partial charge on any atom is 0.232 e. The van der Waals surface area contributed by atoms with E-state index in [4.69, 9.17) is 9.26 Å². The fourth-order valence-electron chi connectivity index (χ4n) is 2.63. The molecule has 1 N–H and O–H groups in total. The summed E-state index contributed by atoms with van der Waals surface area (Å²) < 4.78 is 11.1. The van der Waals surface area contributed by atoms with Gasteiger partial charge in [0.15, 0.2) is 0 Å². The van der Waals surface area contributed by atoms with Gasteiger partial charge in [-0.1, -0.05) is 32.9 Å². The van der Waals surface area contributed by atoms with Crippen molar-refractivity contribution in [1.29, 1.82) is 0 Å². The average Bonchev–Trinajstić information content (AvgIpc) is 2.79. The summed E-state index contributed by atoms with van der Waals surface area (Å²) in [7, 11) is 1.69. The highest BCUT2D eigenvalue weighted by atomic mass is 16.5. The predicted molar refractivity (Wildman–Crippen MR) is 73.0 cm³/mol. The fraction of sp³-hybridized carbons (Fsp3) is 0.857. The predicted octanol–water partition coefficient (Wildman–Crippen LogP) is 2.44. The number of hydrogen-bond acceptors (Lipinski definition) is 5. The largest absolute Gasteiger partial charge is 0.373 e. The molecule has 0 spiro atoms. The average molecular weight is 267 g/mol. The summed E-state index contributed by atoms with van der Waals surface area (Å²) in [6.45, 7) is 10.5. The van der Waals surface area contributed by atoms with Crippen LogP contribution in [0.25, 0.3) is 0 Å². The first-order valence-corrected chi connectivity index (χ1v) is 6.94. The lowest BCUT2D eigenvalue weighted by Crippen LogP contribution is -2.38. The lowest BCUT2D eigenvalue weighted by Gasteiger charge is -2.30. The van der Waals surface area contributed by atoms with Crippen molar-refractivity contribution in [3.05, 3.63) is 11.7 Å². The van der Waals surface area contributed by atoms with E-state index in [0.717, 1.165) is 31.8 Å². The molecule has 1 unspecified atom stereocenters. The molecule has 1 atom stereocenters. The van der Waals surface area contributed by atoms with Crippen LogP contribution in [0.15, 0.2) is 4.52 Å². The molecule has 5 nitrogen and oxygen atoms in total. The van der Waals surface area contributed by atoms with Gasteiger partial charge in [-0.15, -0.1) is 0 Å². The molecule has 1 aromatic rings. The van der Waals surface area contributed by atoms with E-state index in [-0.39, 0.29) is 16.9 Å². The topological polar surface area (TPSA) is 60.2 Å². The first kappa shape index (κ1) is 14.5. The van der Waals surface area contributed by atoms with Crippen molar-refractivity contribution in [1.82, 2.24) is 15.5 Å². The molecule has 1 fully saturated rings. The van der Waals surface area contributed by atoms with Gasteiger partial charge in [0.2, 0.25) is 11.7 Å². The second-order valence-electron chi connectivity index (χ2n) is 6.75. The summed E-state index contributed by atoms with van der Waals surface area (Å²) in [5.74, 6) is 1.40. The number of hydrogen-bond donors (Lipinski definition) is 1. The first-order chi connectivity index (χ1) is 8.87. The molecule has 1 aliphatic heterocycles. The quantitative estimate of drug-likeness (QED) is 0.911. The minimum atomic E-state index is -0.143. The van der Waals surface area contributed by atoms with E-state index in [1.807, 2.05) is 0 Å². The molecular formula is C14H25N3O2. The zero-order valence-electron chi connectivity index (χ0n) is 12.6. The van der Waals surface area contributed by atoms with Crippen molar-refractivity contribution >= 4 is 0 Å². The summed E-state index contributed by atoms with van der Waals surface area (Å²) in [5, 5.41) is 7.50. The summed E-state index contributed by atoms with van der Waals surface area (Å²) in [5.41, 5.74) is -0.0579. The number of methoxy groups -OCH3 is 1. The highest BCUT2D eigenvalue weighted by Gasteiger charge is 2.37. The third-order valence-electron chi connectivity index (χ3n) is 3.92. The van der Waals surface area contributed by atoms with Gasteiger partial charge in [-0.05, 0) is 31.3 Å². The highest BCUT2D eigenvalue weighted by Crippen LogP contribution is 2.36. The first-order valence-electron chi connectivity index (χ1n) is 6.94. The van der Waals surface area contributed by atoms with Gasteiger partial charge in [0, 0.05) is 12.5 Å². The van der Waals surface area contributed by atoms with Crippen molar-refractivity contribution in [2.75, 3.05) is 20.2 Å². The van der Waals surface area contributed by atoms with E-state index in [0.29, 0.717) is 5.82 Å². The van der Waals surface area contributed by atoms with Crippen molar-refractivity contribution in [2.45, 2.75) is 52.1 Å². The van der Waals surface area contributed by atoms with Crippen molar-refractivity contribution in [3.8, 4) is 0 Å². The second-order valence-corrected chi connectivity index (χ2v) is 6.75. The van der Waals surface area contributed by atoms with Crippen LogP contribution in [0.1, 0.15) is 58.4 Å². The van der Waals surface area contributed by atoms with Gasteiger partial charge in [0.05, 0.1) is 0 Å². The van der Waals surface area contributed by atoms with Gasteiger partial charge in [0.25, 0.3) is 0 Å². The normalized spacial score (nSPS) is 21.3. The van der Waals surface area contributed by atoms with Crippen LogP contribution in [0.3, 0.4) is 0 Å². The number of piperidine rings is 1. The Morgan fingerprint density at radius 3 is 2.47 bits per heavy atom. The Bertz CT molecular complexity index is 417. The maximum absolute atomic E-state index is 5.54. The lowest BCUT2D eigenvalue weighted by molar-refractivity contribution is 0.00718. The Kier molecular flexibility index (Phi) is 3.97.